The topological polar surface area (TPSA) is 64.9 Å². The zero-order valence-corrected chi connectivity index (χ0v) is 12.8. The summed E-state index contributed by atoms with van der Waals surface area (Å²) in [5, 5.41) is 13.3. The summed E-state index contributed by atoms with van der Waals surface area (Å²) in [6.07, 6.45) is 3.63. The number of para-hydroxylation sites is 1. The molecular weight excluding hydrogens is 290 g/mol. The van der Waals surface area contributed by atoms with Gasteiger partial charge in [0, 0.05) is 12.2 Å². The number of carbonyl (C=O) groups excluding carboxylic acids is 1. The zero-order chi connectivity index (χ0) is 16.1. The molecule has 1 aliphatic rings. The van der Waals surface area contributed by atoms with Crippen LogP contribution in [0.15, 0.2) is 53.6 Å². The Labute approximate surface area is 135 Å². The molecule has 1 amide bonds. The van der Waals surface area contributed by atoms with Crippen molar-refractivity contribution in [1.82, 2.24) is 5.43 Å². The van der Waals surface area contributed by atoms with E-state index in [1.807, 2.05) is 12.1 Å². The fraction of sp³-hybridized carbons (Fsp3) is 0.222. The number of hydrazone groups is 1. The number of benzene rings is 2. The number of carbonyl (C=O) groups is 1. The largest absolute Gasteiger partial charge is 0.508 e. The van der Waals surface area contributed by atoms with E-state index in [4.69, 9.17) is 0 Å². The summed E-state index contributed by atoms with van der Waals surface area (Å²) in [6.45, 7) is 1.16. The highest BCUT2D eigenvalue weighted by molar-refractivity contribution is 5.85. The van der Waals surface area contributed by atoms with E-state index in [9.17, 15) is 9.90 Å². The number of phenolic OH excluding ortho intramolecular Hbond substituents is 1. The van der Waals surface area contributed by atoms with Crippen LogP contribution < -0.4 is 10.3 Å². The molecule has 0 spiro atoms. The van der Waals surface area contributed by atoms with E-state index >= 15 is 0 Å². The smallest absolute Gasteiger partial charge is 0.259 e. The molecule has 0 fully saturated rings. The summed E-state index contributed by atoms with van der Waals surface area (Å²) in [5.74, 6) is 0.0170. The molecule has 118 valence electrons. The maximum Gasteiger partial charge on any atom is 0.259 e. The van der Waals surface area contributed by atoms with E-state index in [0.717, 1.165) is 30.6 Å². The number of rotatable bonds is 4. The van der Waals surface area contributed by atoms with E-state index in [1.54, 1.807) is 24.3 Å². The summed E-state index contributed by atoms with van der Waals surface area (Å²) in [7, 11) is 0. The van der Waals surface area contributed by atoms with Crippen LogP contribution in [0.4, 0.5) is 5.69 Å². The molecule has 0 atom stereocenters. The van der Waals surface area contributed by atoms with Crippen molar-refractivity contribution in [2.45, 2.75) is 12.8 Å². The number of phenols is 1. The molecule has 0 saturated carbocycles. The fourth-order valence-corrected chi connectivity index (χ4v) is 2.77. The van der Waals surface area contributed by atoms with Crippen LogP contribution in [0.1, 0.15) is 17.5 Å². The van der Waals surface area contributed by atoms with Crippen molar-refractivity contribution in [2.24, 2.45) is 5.10 Å². The Morgan fingerprint density at radius 2 is 2.13 bits per heavy atom. The molecule has 1 heterocycles. The minimum Gasteiger partial charge on any atom is -0.508 e. The number of aromatic hydroxyl groups is 1. The maximum atomic E-state index is 12.1. The highest BCUT2D eigenvalue weighted by atomic mass is 16.3. The Morgan fingerprint density at radius 3 is 3.00 bits per heavy atom. The van der Waals surface area contributed by atoms with Crippen LogP contribution in [0.3, 0.4) is 0 Å². The summed E-state index contributed by atoms with van der Waals surface area (Å²) >= 11 is 0. The number of fused-ring (bicyclic) bond motifs is 1. The fourth-order valence-electron chi connectivity index (χ4n) is 2.77. The minimum absolute atomic E-state index is 0.155. The second kappa shape index (κ2) is 6.96. The lowest BCUT2D eigenvalue weighted by molar-refractivity contribution is -0.119. The summed E-state index contributed by atoms with van der Waals surface area (Å²) in [5.41, 5.74) is 5.68. The van der Waals surface area contributed by atoms with Crippen molar-refractivity contribution in [2.75, 3.05) is 18.0 Å². The van der Waals surface area contributed by atoms with Crippen LogP contribution in [0, 0.1) is 0 Å². The summed E-state index contributed by atoms with van der Waals surface area (Å²) in [4.78, 5) is 14.1. The molecule has 2 N–H and O–H groups in total. The number of nitrogens with one attached hydrogen (secondary N) is 1. The van der Waals surface area contributed by atoms with Crippen LogP contribution >= 0.6 is 0 Å². The first-order chi connectivity index (χ1) is 11.2. The van der Waals surface area contributed by atoms with Gasteiger partial charge in [-0.3, -0.25) is 4.79 Å². The molecule has 1 aliphatic heterocycles. The number of hydrogen-bond acceptors (Lipinski definition) is 4. The number of amides is 1. The Balaban J connectivity index is 1.58. The first-order valence-corrected chi connectivity index (χ1v) is 7.66. The van der Waals surface area contributed by atoms with E-state index in [1.165, 1.54) is 11.8 Å². The summed E-state index contributed by atoms with van der Waals surface area (Å²) in [6, 6.07) is 14.9. The van der Waals surface area contributed by atoms with E-state index in [-0.39, 0.29) is 18.2 Å². The molecule has 2 aromatic carbocycles. The quantitative estimate of drug-likeness (QED) is 0.673. The van der Waals surface area contributed by atoms with Gasteiger partial charge in [0.2, 0.25) is 0 Å². The third-order valence-electron chi connectivity index (χ3n) is 3.81. The van der Waals surface area contributed by atoms with Crippen molar-refractivity contribution in [3.8, 4) is 5.75 Å². The molecule has 0 bridgehead atoms. The number of anilines is 1. The lowest BCUT2D eigenvalue weighted by Gasteiger charge is -2.30. The van der Waals surface area contributed by atoms with Crippen molar-refractivity contribution < 1.29 is 9.90 Å². The van der Waals surface area contributed by atoms with E-state index < -0.39 is 0 Å². The molecule has 0 radical (unpaired) electrons. The molecule has 2 aromatic rings. The van der Waals surface area contributed by atoms with Gasteiger partial charge in [-0.05, 0) is 42.2 Å². The van der Waals surface area contributed by atoms with Crippen LogP contribution in [0.5, 0.6) is 5.75 Å². The second-order valence-corrected chi connectivity index (χ2v) is 5.54. The van der Waals surface area contributed by atoms with Crippen LogP contribution in [-0.2, 0) is 11.2 Å². The van der Waals surface area contributed by atoms with Gasteiger partial charge in [0.1, 0.15) is 5.75 Å². The molecular formula is C18H19N3O2. The highest BCUT2D eigenvalue weighted by Gasteiger charge is 2.18. The second-order valence-electron chi connectivity index (χ2n) is 5.54. The Bertz CT molecular complexity index is 728. The van der Waals surface area contributed by atoms with Gasteiger partial charge >= 0.3 is 0 Å². The third kappa shape index (κ3) is 3.88. The molecule has 0 saturated heterocycles. The number of nitrogens with zero attached hydrogens (tertiary/aromatic N) is 2. The molecule has 0 aromatic heterocycles. The Hall–Kier alpha value is -2.82. The van der Waals surface area contributed by atoms with Crippen molar-refractivity contribution in [3.05, 3.63) is 59.7 Å². The average molecular weight is 309 g/mol. The van der Waals surface area contributed by atoms with Gasteiger partial charge in [-0.25, -0.2) is 5.43 Å². The van der Waals surface area contributed by atoms with E-state index in [2.05, 4.69) is 27.6 Å². The standard InChI is InChI=1S/C18H19N3O2/c22-16-8-3-5-14(11-16)12-19-20-18(23)13-21-10-4-7-15-6-1-2-9-17(15)21/h1-3,5-6,8-9,11-12,22H,4,7,10,13H2,(H,20,23)/b19-12+. The predicted octanol–water partition coefficient (Wildman–Crippen LogP) is 2.30. The third-order valence-corrected chi connectivity index (χ3v) is 3.81. The van der Waals surface area contributed by atoms with Gasteiger partial charge < -0.3 is 10.0 Å². The molecule has 5 heteroatoms. The predicted molar refractivity (Wildman–Crippen MR) is 90.8 cm³/mol. The Morgan fingerprint density at radius 1 is 1.26 bits per heavy atom. The monoisotopic (exact) mass is 309 g/mol. The van der Waals surface area contributed by atoms with Gasteiger partial charge in [0.15, 0.2) is 0 Å². The first kappa shape index (κ1) is 15.1. The maximum absolute atomic E-state index is 12.1. The highest BCUT2D eigenvalue weighted by Crippen LogP contribution is 2.26. The molecule has 0 unspecified atom stereocenters. The van der Waals surface area contributed by atoms with Crippen molar-refractivity contribution in [3.63, 3.8) is 0 Å². The van der Waals surface area contributed by atoms with Crippen LogP contribution in [0.2, 0.25) is 0 Å². The van der Waals surface area contributed by atoms with Gasteiger partial charge in [-0.1, -0.05) is 30.3 Å². The molecule has 23 heavy (non-hydrogen) atoms. The van der Waals surface area contributed by atoms with Gasteiger partial charge in [-0.2, -0.15) is 5.10 Å². The SMILES string of the molecule is O=C(CN1CCCc2ccccc21)N/N=C/c1cccc(O)c1. The minimum atomic E-state index is -0.155. The molecule has 3 rings (SSSR count). The molecule has 5 nitrogen and oxygen atoms in total. The van der Waals surface area contributed by atoms with Crippen LogP contribution in [0.25, 0.3) is 0 Å². The van der Waals surface area contributed by atoms with Gasteiger partial charge in [0.25, 0.3) is 5.91 Å². The van der Waals surface area contributed by atoms with Crippen molar-refractivity contribution >= 4 is 17.8 Å². The van der Waals surface area contributed by atoms with Gasteiger partial charge in [0.05, 0.1) is 12.8 Å². The zero-order valence-electron chi connectivity index (χ0n) is 12.8. The lowest BCUT2D eigenvalue weighted by Crippen LogP contribution is -2.38. The number of hydrogen-bond donors (Lipinski definition) is 2. The lowest BCUT2D eigenvalue weighted by atomic mass is 10.0. The average Bonchev–Trinajstić information content (AvgIpc) is 2.55. The number of aryl methyl sites for hydroxylation is 1. The Kier molecular flexibility index (Phi) is 4.57. The van der Waals surface area contributed by atoms with Crippen LogP contribution in [-0.4, -0.2) is 30.3 Å². The van der Waals surface area contributed by atoms with Crippen molar-refractivity contribution in [1.29, 1.82) is 0 Å². The molecule has 0 aliphatic carbocycles. The normalized spacial score (nSPS) is 13.8. The van der Waals surface area contributed by atoms with E-state index in [0.29, 0.717) is 0 Å². The van der Waals surface area contributed by atoms with Gasteiger partial charge in [-0.15, -0.1) is 0 Å². The first-order valence-electron chi connectivity index (χ1n) is 7.66. The summed E-state index contributed by atoms with van der Waals surface area (Å²) < 4.78 is 0.